The zero-order valence-electron chi connectivity index (χ0n) is 15.1. The maximum atomic E-state index is 11.9. The standard InChI is InChI=1S/C16H19N5O5.CH2O/c22-13-4-6-21(16(26)19-13)11-8-20(9-11)12-2-1-10(7-18-12)15(25)17-5-3-14(23)24;1-2/h1-2,7,11H,3-6,8-9H2,(H,17,25)(H,23,24)(H,19,22,26);1H2. The number of carboxylic acids is 1. The molecule has 28 heavy (non-hydrogen) atoms. The van der Waals surface area contributed by atoms with Gasteiger partial charge in [-0.05, 0) is 12.1 Å². The molecule has 2 aliphatic rings. The molecule has 2 fully saturated rings. The van der Waals surface area contributed by atoms with Crippen LogP contribution >= 0.6 is 0 Å². The summed E-state index contributed by atoms with van der Waals surface area (Å²) in [5.74, 6) is -0.905. The van der Waals surface area contributed by atoms with Crippen molar-refractivity contribution in [3.63, 3.8) is 0 Å². The lowest BCUT2D eigenvalue weighted by atomic mass is 10.1. The molecule has 11 nitrogen and oxygen atoms in total. The second-order valence-electron chi connectivity index (χ2n) is 6.16. The third-order valence-electron chi connectivity index (χ3n) is 4.35. The van der Waals surface area contributed by atoms with Gasteiger partial charge in [-0.2, -0.15) is 0 Å². The number of nitrogens with zero attached hydrogens (tertiary/aromatic N) is 3. The van der Waals surface area contributed by atoms with Crippen molar-refractivity contribution < 1.29 is 29.1 Å². The molecule has 0 aliphatic carbocycles. The van der Waals surface area contributed by atoms with Crippen molar-refractivity contribution in [3.05, 3.63) is 23.9 Å². The number of rotatable bonds is 6. The zero-order valence-corrected chi connectivity index (χ0v) is 15.1. The molecule has 0 saturated carbocycles. The van der Waals surface area contributed by atoms with Crippen molar-refractivity contribution in [1.29, 1.82) is 0 Å². The van der Waals surface area contributed by atoms with Gasteiger partial charge in [-0.1, -0.05) is 0 Å². The molecule has 0 spiro atoms. The molecule has 1 aromatic rings. The first kappa shape index (κ1) is 20.8. The fourth-order valence-electron chi connectivity index (χ4n) is 2.86. The van der Waals surface area contributed by atoms with Crippen LogP contribution in [0.4, 0.5) is 10.6 Å². The molecule has 0 aromatic carbocycles. The molecule has 0 bridgehead atoms. The Morgan fingerprint density at radius 1 is 1.29 bits per heavy atom. The number of aromatic nitrogens is 1. The van der Waals surface area contributed by atoms with Crippen LogP contribution in [0.15, 0.2) is 18.3 Å². The Morgan fingerprint density at radius 3 is 2.57 bits per heavy atom. The molecular weight excluding hydrogens is 370 g/mol. The second kappa shape index (κ2) is 9.44. The predicted molar refractivity (Wildman–Crippen MR) is 96.8 cm³/mol. The average Bonchev–Trinajstić information content (AvgIpc) is 2.64. The molecule has 150 valence electrons. The van der Waals surface area contributed by atoms with Crippen LogP contribution in [-0.4, -0.2) is 77.8 Å². The van der Waals surface area contributed by atoms with E-state index in [2.05, 4.69) is 15.6 Å². The summed E-state index contributed by atoms with van der Waals surface area (Å²) in [7, 11) is 0. The van der Waals surface area contributed by atoms with E-state index in [4.69, 9.17) is 9.90 Å². The van der Waals surface area contributed by atoms with E-state index >= 15 is 0 Å². The van der Waals surface area contributed by atoms with E-state index in [1.807, 2.05) is 11.7 Å². The minimum atomic E-state index is -0.974. The van der Waals surface area contributed by atoms with Gasteiger partial charge in [0.2, 0.25) is 5.91 Å². The van der Waals surface area contributed by atoms with Gasteiger partial charge in [0.05, 0.1) is 18.0 Å². The molecule has 4 amide bonds. The molecule has 1 aromatic heterocycles. The van der Waals surface area contributed by atoms with Gasteiger partial charge >= 0.3 is 12.0 Å². The fraction of sp³-hybridized carbons (Fsp3) is 0.412. The highest BCUT2D eigenvalue weighted by molar-refractivity contribution is 5.97. The van der Waals surface area contributed by atoms with Gasteiger partial charge in [0.1, 0.15) is 12.6 Å². The van der Waals surface area contributed by atoms with Crippen LogP contribution in [-0.2, 0) is 14.4 Å². The summed E-state index contributed by atoms with van der Waals surface area (Å²) in [6.07, 6.45) is 1.61. The van der Waals surface area contributed by atoms with Gasteiger partial charge in [-0.3, -0.25) is 19.7 Å². The maximum Gasteiger partial charge on any atom is 0.324 e. The number of imide groups is 1. The van der Waals surface area contributed by atoms with Crippen LogP contribution in [0.1, 0.15) is 23.2 Å². The van der Waals surface area contributed by atoms with E-state index in [1.165, 1.54) is 6.20 Å². The van der Waals surface area contributed by atoms with Crippen LogP contribution in [0.5, 0.6) is 0 Å². The van der Waals surface area contributed by atoms with Crippen molar-refractivity contribution in [2.75, 3.05) is 31.1 Å². The highest BCUT2D eigenvalue weighted by Crippen LogP contribution is 2.23. The van der Waals surface area contributed by atoms with Crippen molar-refractivity contribution in [3.8, 4) is 0 Å². The van der Waals surface area contributed by atoms with Gasteiger partial charge in [0, 0.05) is 38.8 Å². The van der Waals surface area contributed by atoms with Crippen LogP contribution in [0, 0.1) is 0 Å². The molecule has 0 radical (unpaired) electrons. The van der Waals surface area contributed by atoms with Crippen molar-refractivity contribution in [1.82, 2.24) is 20.5 Å². The van der Waals surface area contributed by atoms with Gasteiger partial charge in [0.25, 0.3) is 5.91 Å². The number of urea groups is 1. The minimum absolute atomic E-state index is 0.0314. The number of hydrogen-bond acceptors (Lipinski definition) is 7. The summed E-state index contributed by atoms with van der Waals surface area (Å²) in [5, 5.41) is 13.4. The Hall–Kier alpha value is -3.50. The molecule has 2 aliphatic heterocycles. The van der Waals surface area contributed by atoms with E-state index in [-0.39, 0.29) is 36.9 Å². The Balaban J connectivity index is 0.00000136. The first-order chi connectivity index (χ1) is 13.4. The molecule has 11 heteroatoms. The molecule has 3 N–H and O–H groups in total. The largest absolute Gasteiger partial charge is 0.481 e. The van der Waals surface area contributed by atoms with Crippen molar-refractivity contribution >= 4 is 36.4 Å². The van der Waals surface area contributed by atoms with Gasteiger partial charge in [-0.25, -0.2) is 9.78 Å². The summed E-state index contributed by atoms with van der Waals surface area (Å²) < 4.78 is 0. The van der Waals surface area contributed by atoms with Gasteiger partial charge in [0.15, 0.2) is 0 Å². The maximum absolute atomic E-state index is 11.9. The van der Waals surface area contributed by atoms with E-state index in [9.17, 15) is 19.2 Å². The number of carbonyl (C=O) groups is 5. The Bertz CT molecular complexity index is 747. The highest BCUT2D eigenvalue weighted by Gasteiger charge is 2.37. The van der Waals surface area contributed by atoms with E-state index in [0.29, 0.717) is 37.4 Å². The normalized spacial score (nSPS) is 16.4. The third kappa shape index (κ3) is 5.02. The number of pyridine rings is 1. The first-order valence-electron chi connectivity index (χ1n) is 8.54. The lowest BCUT2D eigenvalue weighted by molar-refractivity contribution is -0.136. The molecular formula is C17H21N5O6. The third-order valence-corrected chi connectivity index (χ3v) is 4.35. The van der Waals surface area contributed by atoms with E-state index < -0.39 is 5.97 Å². The number of amides is 4. The minimum Gasteiger partial charge on any atom is -0.481 e. The molecule has 3 heterocycles. The number of aliphatic carboxylic acids is 1. The Morgan fingerprint density at radius 2 is 2.00 bits per heavy atom. The summed E-state index contributed by atoms with van der Waals surface area (Å²) in [6.45, 7) is 3.70. The molecule has 0 atom stereocenters. The number of anilines is 1. The smallest absolute Gasteiger partial charge is 0.324 e. The highest BCUT2D eigenvalue weighted by atomic mass is 16.4. The SMILES string of the molecule is C=O.O=C(O)CCNC(=O)c1ccc(N2CC(N3CCC(=O)NC3=O)C2)nc1. The predicted octanol–water partition coefficient (Wildman–Crippen LogP) is -0.768. The number of carboxylic acid groups (broad SMARTS) is 1. The van der Waals surface area contributed by atoms with Crippen molar-refractivity contribution in [2.45, 2.75) is 18.9 Å². The Kier molecular flexibility index (Phi) is 7.02. The van der Waals surface area contributed by atoms with Crippen LogP contribution in [0.3, 0.4) is 0 Å². The lowest BCUT2D eigenvalue weighted by Crippen LogP contribution is -2.65. The molecule has 3 rings (SSSR count). The average molecular weight is 391 g/mol. The summed E-state index contributed by atoms with van der Waals surface area (Å²) in [4.78, 5) is 61.2. The number of carbonyl (C=O) groups excluding carboxylic acids is 4. The number of nitrogens with one attached hydrogen (secondary N) is 2. The molecule has 0 unspecified atom stereocenters. The second-order valence-corrected chi connectivity index (χ2v) is 6.16. The first-order valence-corrected chi connectivity index (χ1v) is 8.54. The lowest BCUT2D eigenvalue weighted by Gasteiger charge is -2.46. The van der Waals surface area contributed by atoms with Gasteiger partial charge in [-0.15, -0.1) is 0 Å². The Labute approximate surface area is 160 Å². The van der Waals surface area contributed by atoms with E-state index in [0.717, 1.165) is 0 Å². The summed E-state index contributed by atoms with van der Waals surface area (Å²) in [5.41, 5.74) is 0.352. The molecule has 2 saturated heterocycles. The fourth-order valence-corrected chi connectivity index (χ4v) is 2.86. The van der Waals surface area contributed by atoms with E-state index in [1.54, 1.807) is 17.0 Å². The van der Waals surface area contributed by atoms with Crippen LogP contribution in [0.2, 0.25) is 0 Å². The summed E-state index contributed by atoms with van der Waals surface area (Å²) in [6, 6.07) is 3.01. The van der Waals surface area contributed by atoms with Crippen LogP contribution in [0.25, 0.3) is 0 Å². The van der Waals surface area contributed by atoms with Gasteiger partial charge < -0.3 is 25.0 Å². The summed E-state index contributed by atoms with van der Waals surface area (Å²) >= 11 is 0. The zero-order chi connectivity index (χ0) is 20.7. The monoisotopic (exact) mass is 391 g/mol. The van der Waals surface area contributed by atoms with Crippen molar-refractivity contribution in [2.24, 2.45) is 0 Å². The topological polar surface area (TPSA) is 149 Å². The van der Waals surface area contributed by atoms with Crippen LogP contribution < -0.4 is 15.5 Å². The number of hydrogen-bond donors (Lipinski definition) is 3. The quantitative estimate of drug-likeness (QED) is 0.572.